The van der Waals surface area contributed by atoms with Crippen LogP contribution in [0.3, 0.4) is 0 Å². The summed E-state index contributed by atoms with van der Waals surface area (Å²) in [4.78, 5) is 43.5. The number of nitrogens with zero attached hydrogens (tertiary/aromatic N) is 1. The SMILES string of the molecule is CC(C)[C@H](CO)N1C(=O)[C@@H]2[C@H](C(=O)NCc3ccccc3)[C@@H]3CC(C)C2(S3)C1C(=O)Nc1ccccc1Cl. The molecule has 7 nitrogen and oxygen atoms in total. The van der Waals surface area contributed by atoms with Gasteiger partial charge in [0.15, 0.2) is 0 Å². The number of hydrogen-bond donors (Lipinski definition) is 3. The number of anilines is 1. The molecule has 3 fully saturated rings. The number of fused-ring (bicyclic) bond motifs is 1. The summed E-state index contributed by atoms with van der Waals surface area (Å²) in [5, 5.41) is 16.7. The largest absolute Gasteiger partial charge is 0.394 e. The van der Waals surface area contributed by atoms with Crippen molar-refractivity contribution in [3.05, 3.63) is 65.2 Å². The van der Waals surface area contributed by atoms with Gasteiger partial charge in [0.25, 0.3) is 0 Å². The molecule has 0 saturated carbocycles. The number of nitrogens with one attached hydrogen (secondary N) is 2. The van der Waals surface area contributed by atoms with Crippen LogP contribution in [0.5, 0.6) is 0 Å². The Bertz CT molecular complexity index is 1230. The van der Waals surface area contributed by atoms with E-state index in [0.29, 0.717) is 17.3 Å². The molecule has 0 radical (unpaired) electrons. The van der Waals surface area contributed by atoms with E-state index in [4.69, 9.17) is 11.6 Å². The third-order valence-electron chi connectivity index (χ3n) is 8.49. The number of carbonyl (C=O) groups is 3. The fraction of sp³-hybridized carbons (Fsp3) is 0.483. The Morgan fingerprint density at radius 3 is 2.47 bits per heavy atom. The second kappa shape index (κ2) is 10.5. The summed E-state index contributed by atoms with van der Waals surface area (Å²) in [5.74, 6) is -1.96. The van der Waals surface area contributed by atoms with Gasteiger partial charge >= 0.3 is 0 Å². The first-order valence-corrected chi connectivity index (χ1v) is 14.4. The normalized spacial score (nSPS) is 30.4. The summed E-state index contributed by atoms with van der Waals surface area (Å²) in [6.45, 7) is 6.05. The molecule has 2 bridgehead atoms. The Labute approximate surface area is 232 Å². The van der Waals surface area contributed by atoms with Crippen molar-refractivity contribution in [2.24, 2.45) is 23.7 Å². The van der Waals surface area contributed by atoms with E-state index >= 15 is 0 Å². The summed E-state index contributed by atoms with van der Waals surface area (Å²) in [6, 6.07) is 15.3. The number of carbonyl (C=O) groups excluding carboxylic acids is 3. The maximum Gasteiger partial charge on any atom is 0.248 e. The zero-order valence-corrected chi connectivity index (χ0v) is 23.3. The second-order valence-electron chi connectivity index (χ2n) is 11.0. The minimum atomic E-state index is -0.840. The lowest BCUT2D eigenvalue weighted by Crippen LogP contribution is -2.58. The number of likely N-dealkylation sites (tertiary alicyclic amines) is 1. The number of hydrogen-bond acceptors (Lipinski definition) is 5. The van der Waals surface area contributed by atoms with Gasteiger partial charge < -0.3 is 20.6 Å². The van der Waals surface area contributed by atoms with Gasteiger partial charge in [-0.25, -0.2) is 0 Å². The van der Waals surface area contributed by atoms with Crippen LogP contribution < -0.4 is 10.6 Å². The highest BCUT2D eigenvalue weighted by Gasteiger charge is 2.76. The zero-order chi connectivity index (χ0) is 27.2. The third kappa shape index (κ3) is 4.31. The van der Waals surface area contributed by atoms with Gasteiger partial charge in [-0.2, -0.15) is 0 Å². The molecule has 3 aliphatic heterocycles. The van der Waals surface area contributed by atoms with Gasteiger partial charge in [-0.15, -0.1) is 11.8 Å². The Morgan fingerprint density at radius 2 is 1.82 bits per heavy atom. The Hall–Kier alpha value is -2.55. The second-order valence-corrected chi connectivity index (χ2v) is 12.9. The number of rotatable bonds is 8. The van der Waals surface area contributed by atoms with Gasteiger partial charge in [0, 0.05) is 11.8 Å². The number of benzene rings is 2. The van der Waals surface area contributed by atoms with Gasteiger partial charge in [0.05, 0.1) is 39.9 Å². The predicted molar refractivity (Wildman–Crippen MR) is 150 cm³/mol. The zero-order valence-electron chi connectivity index (χ0n) is 21.8. The molecule has 2 aromatic carbocycles. The molecule has 3 saturated heterocycles. The number of amides is 3. The molecular formula is C29H34ClN3O4S. The minimum Gasteiger partial charge on any atom is -0.394 e. The first kappa shape index (κ1) is 27.0. The lowest BCUT2D eigenvalue weighted by Gasteiger charge is -2.40. The van der Waals surface area contributed by atoms with Crippen LogP contribution in [-0.2, 0) is 20.9 Å². The molecule has 0 aliphatic carbocycles. The van der Waals surface area contributed by atoms with E-state index in [1.807, 2.05) is 44.2 Å². The molecule has 7 atom stereocenters. The van der Waals surface area contributed by atoms with Gasteiger partial charge in [0.1, 0.15) is 6.04 Å². The van der Waals surface area contributed by atoms with Crippen LogP contribution >= 0.6 is 23.4 Å². The van der Waals surface area contributed by atoms with Crippen LogP contribution in [0.15, 0.2) is 54.6 Å². The summed E-state index contributed by atoms with van der Waals surface area (Å²) in [6.07, 6.45) is 0.743. The highest BCUT2D eigenvalue weighted by molar-refractivity contribution is 8.02. The van der Waals surface area contributed by atoms with Crippen molar-refractivity contribution >= 4 is 46.8 Å². The highest BCUT2D eigenvalue weighted by atomic mass is 35.5. The van der Waals surface area contributed by atoms with E-state index in [0.717, 1.165) is 12.0 Å². The van der Waals surface area contributed by atoms with Crippen molar-refractivity contribution in [3.8, 4) is 0 Å². The van der Waals surface area contributed by atoms with Crippen molar-refractivity contribution in [2.45, 2.75) is 55.8 Å². The van der Waals surface area contributed by atoms with Gasteiger partial charge in [0.2, 0.25) is 17.7 Å². The average Bonchev–Trinajstić information content (AvgIpc) is 3.49. The van der Waals surface area contributed by atoms with E-state index in [9.17, 15) is 19.5 Å². The number of aliphatic hydroxyl groups excluding tert-OH is 1. The van der Waals surface area contributed by atoms with E-state index in [-0.39, 0.29) is 41.4 Å². The van der Waals surface area contributed by atoms with Crippen LogP contribution in [-0.4, -0.2) is 56.4 Å². The van der Waals surface area contributed by atoms with E-state index in [2.05, 4.69) is 17.6 Å². The first-order valence-electron chi connectivity index (χ1n) is 13.2. The average molecular weight is 556 g/mol. The summed E-state index contributed by atoms with van der Waals surface area (Å²) >= 11 is 7.97. The van der Waals surface area contributed by atoms with Crippen LogP contribution in [0.2, 0.25) is 5.02 Å². The minimum absolute atomic E-state index is 0.0307. The Kier molecular flexibility index (Phi) is 7.50. The molecule has 1 spiro atoms. The van der Waals surface area contributed by atoms with Gasteiger partial charge in [-0.1, -0.05) is 74.8 Å². The quantitative estimate of drug-likeness (QED) is 0.458. The maximum atomic E-state index is 14.3. The fourth-order valence-electron chi connectivity index (χ4n) is 6.70. The number of thioether (sulfide) groups is 1. The molecule has 3 heterocycles. The van der Waals surface area contributed by atoms with E-state index < -0.39 is 28.7 Å². The molecular weight excluding hydrogens is 522 g/mol. The molecule has 3 N–H and O–H groups in total. The van der Waals surface area contributed by atoms with Gasteiger partial charge in [-0.3, -0.25) is 14.4 Å². The number of para-hydroxylation sites is 1. The molecule has 3 unspecified atom stereocenters. The lowest BCUT2D eigenvalue weighted by atomic mass is 9.66. The Morgan fingerprint density at radius 1 is 1.13 bits per heavy atom. The predicted octanol–water partition coefficient (Wildman–Crippen LogP) is 3.95. The maximum absolute atomic E-state index is 14.3. The van der Waals surface area contributed by atoms with E-state index in [1.165, 1.54) is 0 Å². The Balaban J connectivity index is 1.51. The van der Waals surface area contributed by atoms with Crippen molar-refractivity contribution in [1.29, 1.82) is 0 Å². The molecule has 202 valence electrons. The standard InChI is InChI=1S/C29H34ClN3O4S/c1-16(2)21(15-34)33-25(27(36)32-20-12-8-7-11-19(20)30)29-17(3)13-22(38-29)23(24(29)28(33)37)26(35)31-14-18-9-5-4-6-10-18/h4-12,16-17,21-25,34H,13-15H2,1-3H3,(H,31,35)(H,32,36)/t17?,21-,22-,23+,24-,25?,29?/m0/s1. The molecule has 0 aromatic heterocycles. The summed E-state index contributed by atoms with van der Waals surface area (Å²) < 4.78 is -0.774. The van der Waals surface area contributed by atoms with Crippen LogP contribution in [0.25, 0.3) is 0 Å². The first-order chi connectivity index (χ1) is 18.2. The van der Waals surface area contributed by atoms with E-state index in [1.54, 1.807) is 40.9 Å². The molecule has 9 heteroatoms. The topological polar surface area (TPSA) is 98.7 Å². The van der Waals surface area contributed by atoms with Crippen LogP contribution in [0.1, 0.15) is 32.8 Å². The highest BCUT2D eigenvalue weighted by Crippen LogP contribution is 2.69. The molecule has 2 aromatic rings. The van der Waals surface area contributed by atoms with Crippen LogP contribution in [0.4, 0.5) is 5.69 Å². The van der Waals surface area contributed by atoms with Crippen LogP contribution in [0, 0.1) is 23.7 Å². The fourth-order valence-corrected chi connectivity index (χ4v) is 9.29. The summed E-state index contributed by atoms with van der Waals surface area (Å²) in [5.41, 5.74) is 1.45. The number of halogens is 1. The molecule has 3 aliphatic rings. The molecule has 5 rings (SSSR count). The smallest absolute Gasteiger partial charge is 0.248 e. The van der Waals surface area contributed by atoms with Crippen molar-refractivity contribution in [1.82, 2.24) is 10.2 Å². The monoisotopic (exact) mass is 555 g/mol. The molecule has 3 amide bonds. The van der Waals surface area contributed by atoms with Crippen molar-refractivity contribution in [2.75, 3.05) is 11.9 Å². The summed E-state index contributed by atoms with van der Waals surface area (Å²) in [7, 11) is 0. The molecule has 38 heavy (non-hydrogen) atoms. The third-order valence-corrected chi connectivity index (χ3v) is 10.9. The van der Waals surface area contributed by atoms with Crippen molar-refractivity contribution < 1.29 is 19.5 Å². The van der Waals surface area contributed by atoms with Crippen molar-refractivity contribution in [3.63, 3.8) is 0 Å². The van der Waals surface area contributed by atoms with Gasteiger partial charge in [-0.05, 0) is 36.0 Å². The lowest BCUT2D eigenvalue weighted by molar-refractivity contribution is -0.143. The number of aliphatic hydroxyl groups is 1.